The van der Waals surface area contributed by atoms with Crippen LogP contribution in [-0.2, 0) is 11.3 Å². The van der Waals surface area contributed by atoms with Crippen molar-refractivity contribution in [2.45, 2.75) is 13.5 Å². The highest BCUT2D eigenvalue weighted by molar-refractivity contribution is 9.10. The number of benzene rings is 2. The molecule has 0 fully saturated rings. The number of hydrogen-bond acceptors (Lipinski definition) is 4. The third-order valence-corrected chi connectivity index (χ3v) is 3.92. The van der Waals surface area contributed by atoms with E-state index in [1.54, 1.807) is 31.2 Å². The molecule has 0 aromatic heterocycles. The molecule has 0 saturated carbocycles. The van der Waals surface area contributed by atoms with Crippen molar-refractivity contribution in [2.24, 2.45) is 5.73 Å². The summed E-state index contributed by atoms with van der Waals surface area (Å²) in [5.74, 6) is -0.984. The Morgan fingerprint density at radius 3 is 2.71 bits per heavy atom. The number of amides is 1. The first-order chi connectivity index (χ1) is 11.4. The molecule has 4 N–H and O–H groups in total. The monoisotopic (exact) mass is 392 g/mol. The van der Waals surface area contributed by atoms with Crippen LogP contribution in [0.4, 0.5) is 5.69 Å². The number of anilines is 1. The lowest BCUT2D eigenvalue weighted by molar-refractivity contribution is -0.119. The predicted molar refractivity (Wildman–Crippen MR) is 94.3 cm³/mol. The van der Waals surface area contributed by atoms with E-state index in [9.17, 15) is 14.7 Å². The van der Waals surface area contributed by atoms with Crippen LogP contribution in [0.1, 0.15) is 21.5 Å². The van der Waals surface area contributed by atoms with Gasteiger partial charge in [0, 0.05) is 22.3 Å². The second kappa shape index (κ2) is 7.83. The number of halogens is 1. The Hall–Kier alpha value is -2.54. The van der Waals surface area contributed by atoms with Crippen molar-refractivity contribution in [3.05, 3.63) is 57.6 Å². The molecule has 2 rings (SSSR count). The van der Waals surface area contributed by atoms with E-state index in [0.29, 0.717) is 17.9 Å². The minimum atomic E-state index is -0.968. The highest BCUT2D eigenvalue weighted by Gasteiger charge is 2.11. The Balaban J connectivity index is 2.20. The van der Waals surface area contributed by atoms with Crippen molar-refractivity contribution < 1.29 is 19.4 Å². The van der Waals surface area contributed by atoms with Crippen LogP contribution in [-0.4, -0.2) is 23.6 Å². The highest BCUT2D eigenvalue weighted by atomic mass is 79.9. The molecule has 0 spiro atoms. The number of primary amides is 1. The molecule has 0 aliphatic heterocycles. The third-order valence-electron chi connectivity index (χ3n) is 3.43. The highest BCUT2D eigenvalue weighted by Crippen LogP contribution is 2.26. The fourth-order valence-electron chi connectivity index (χ4n) is 2.23. The Labute approximate surface area is 147 Å². The Bertz CT molecular complexity index is 777. The van der Waals surface area contributed by atoms with Gasteiger partial charge in [-0.3, -0.25) is 4.79 Å². The van der Waals surface area contributed by atoms with Crippen LogP contribution in [0, 0.1) is 6.92 Å². The molecule has 6 nitrogen and oxygen atoms in total. The van der Waals surface area contributed by atoms with E-state index < -0.39 is 11.9 Å². The fraction of sp³-hybridized carbons (Fsp3) is 0.176. The molecule has 0 saturated heterocycles. The molecule has 0 atom stereocenters. The topological polar surface area (TPSA) is 102 Å². The summed E-state index contributed by atoms with van der Waals surface area (Å²) in [5, 5.41) is 12.4. The van der Waals surface area contributed by atoms with E-state index in [0.717, 1.165) is 15.7 Å². The maximum atomic E-state index is 11.2. The third kappa shape index (κ3) is 4.48. The van der Waals surface area contributed by atoms with Gasteiger partial charge in [0.25, 0.3) is 5.91 Å². The van der Waals surface area contributed by atoms with Gasteiger partial charge in [0.1, 0.15) is 5.75 Å². The lowest BCUT2D eigenvalue weighted by Crippen LogP contribution is -2.20. The Kier molecular flexibility index (Phi) is 5.81. The molecule has 0 unspecified atom stereocenters. The number of rotatable bonds is 7. The minimum Gasteiger partial charge on any atom is -0.483 e. The number of carboxylic acid groups (broad SMARTS) is 1. The van der Waals surface area contributed by atoms with Gasteiger partial charge in [-0.15, -0.1) is 0 Å². The number of carbonyl (C=O) groups excluding carboxylic acids is 1. The lowest BCUT2D eigenvalue weighted by Gasteiger charge is -2.14. The van der Waals surface area contributed by atoms with E-state index in [-0.39, 0.29) is 12.2 Å². The molecule has 126 valence electrons. The van der Waals surface area contributed by atoms with E-state index in [4.69, 9.17) is 10.5 Å². The normalized spacial score (nSPS) is 10.2. The van der Waals surface area contributed by atoms with Crippen molar-refractivity contribution in [3.8, 4) is 5.75 Å². The largest absolute Gasteiger partial charge is 0.483 e. The first-order valence-electron chi connectivity index (χ1n) is 7.15. The van der Waals surface area contributed by atoms with Crippen LogP contribution in [0.3, 0.4) is 0 Å². The number of hydrogen-bond donors (Lipinski definition) is 3. The zero-order valence-electron chi connectivity index (χ0n) is 13.0. The van der Waals surface area contributed by atoms with Crippen LogP contribution in [0.25, 0.3) is 0 Å². The van der Waals surface area contributed by atoms with E-state index in [1.165, 1.54) is 0 Å². The summed E-state index contributed by atoms with van der Waals surface area (Å²) >= 11 is 3.40. The molecule has 1 amide bonds. The Morgan fingerprint density at radius 1 is 1.29 bits per heavy atom. The van der Waals surface area contributed by atoms with Gasteiger partial charge in [0.15, 0.2) is 6.61 Å². The molecule has 2 aromatic rings. The summed E-state index contributed by atoms with van der Waals surface area (Å²) in [6.45, 7) is 1.94. The standard InChI is InChI=1S/C17H17BrN2O4/c1-10-13(17(22)23)3-2-4-14(10)20-8-11-7-12(18)5-6-15(11)24-9-16(19)21/h2-7,20H,8-9H2,1H3,(H2,19,21)(H,22,23). The summed E-state index contributed by atoms with van der Waals surface area (Å²) in [6, 6.07) is 10.5. The quantitative estimate of drug-likeness (QED) is 0.672. The summed E-state index contributed by atoms with van der Waals surface area (Å²) in [6.07, 6.45) is 0. The van der Waals surface area contributed by atoms with Gasteiger partial charge in [-0.25, -0.2) is 4.79 Å². The number of nitrogens with two attached hydrogens (primary N) is 1. The van der Waals surface area contributed by atoms with Gasteiger partial charge in [0.2, 0.25) is 0 Å². The molecule has 0 bridgehead atoms. The number of aromatic carboxylic acids is 1. The average molecular weight is 393 g/mol. The molecule has 0 aliphatic rings. The molecule has 0 heterocycles. The van der Waals surface area contributed by atoms with Crippen molar-refractivity contribution in [2.75, 3.05) is 11.9 Å². The van der Waals surface area contributed by atoms with E-state index in [1.807, 2.05) is 12.1 Å². The van der Waals surface area contributed by atoms with Crippen molar-refractivity contribution in [1.82, 2.24) is 0 Å². The van der Waals surface area contributed by atoms with Crippen molar-refractivity contribution in [1.29, 1.82) is 0 Å². The molecule has 0 aliphatic carbocycles. The second-order valence-corrected chi connectivity index (χ2v) is 6.06. The smallest absolute Gasteiger partial charge is 0.336 e. The van der Waals surface area contributed by atoms with Crippen LogP contribution in [0.5, 0.6) is 5.75 Å². The molecular formula is C17H17BrN2O4. The summed E-state index contributed by atoms with van der Waals surface area (Å²) < 4.78 is 6.27. The van der Waals surface area contributed by atoms with Gasteiger partial charge < -0.3 is 20.9 Å². The summed E-state index contributed by atoms with van der Waals surface area (Å²) in [7, 11) is 0. The predicted octanol–water partition coefficient (Wildman–Crippen LogP) is 2.93. The first kappa shape index (κ1) is 17.8. The Morgan fingerprint density at radius 2 is 2.04 bits per heavy atom. The van der Waals surface area contributed by atoms with Crippen molar-refractivity contribution >= 4 is 33.5 Å². The van der Waals surface area contributed by atoms with Crippen LogP contribution >= 0.6 is 15.9 Å². The minimum absolute atomic E-state index is 0.206. The second-order valence-electron chi connectivity index (χ2n) is 5.14. The van der Waals surface area contributed by atoms with Crippen molar-refractivity contribution in [3.63, 3.8) is 0 Å². The van der Waals surface area contributed by atoms with Crippen LogP contribution in [0.2, 0.25) is 0 Å². The molecule has 2 aromatic carbocycles. The SMILES string of the molecule is Cc1c(NCc2cc(Br)ccc2OCC(N)=O)cccc1C(=O)O. The number of carboxylic acids is 1. The van der Waals surface area contributed by atoms with Gasteiger partial charge in [0.05, 0.1) is 5.56 Å². The average Bonchev–Trinajstić information content (AvgIpc) is 2.52. The van der Waals surface area contributed by atoms with Crippen LogP contribution in [0.15, 0.2) is 40.9 Å². The van der Waals surface area contributed by atoms with Crippen LogP contribution < -0.4 is 15.8 Å². The molecule has 7 heteroatoms. The van der Waals surface area contributed by atoms with Gasteiger partial charge in [-0.2, -0.15) is 0 Å². The van der Waals surface area contributed by atoms with Gasteiger partial charge in [-0.05, 0) is 42.8 Å². The summed E-state index contributed by atoms with van der Waals surface area (Å²) in [4.78, 5) is 22.1. The molecule has 24 heavy (non-hydrogen) atoms. The summed E-state index contributed by atoms with van der Waals surface area (Å²) in [5.41, 5.74) is 7.54. The number of nitrogens with one attached hydrogen (secondary N) is 1. The fourth-order valence-corrected chi connectivity index (χ4v) is 2.63. The number of ether oxygens (including phenoxy) is 1. The van der Waals surface area contributed by atoms with E-state index in [2.05, 4.69) is 21.2 Å². The maximum absolute atomic E-state index is 11.2. The van der Waals surface area contributed by atoms with Gasteiger partial charge >= 0.3 is 5.97 Å². The zero-order chi connectivity index (χ0) is 17.7. The lowest BCUT2D eigenvalue weighted by atomic mass is 10.1. The maximum Gasteiger partial charge on any atom is 0.336 e. The first-order valence-corrected chi connectivity index (χ1v) is 7.94. The number of carbonyl (C=O) groups is 2. The molecule has 0 radical (unpaired) electrons. The zero-order valence-corrected chi connectivity index (χ0v) is 14.6. The molecular weight excluding hydrogens is 376 g/mol. The van der Waals surface area contributed by atoms with Gasteiger partial charge in [-0.1, -0.05) is 22.0 Å². The van der Waals surface area contributed by atoms with E-state index >= 15 is 0 Å².